The van der Waals surface area contributed by atoms with Crippen LogP contribution in [0.5, 0.6) is 0 Å². The van der Waals surface area contributed by atoms with Crippen molar-refractivity contribution in [2.45, 2.75) is 31.7 Å². The minimum atomic E-state index is 0.256. The summed E-state index contributed by atoms with van der Waals surface area (Å²) in [5.74, 6) is 1.37. The van der Waals surface area contributed by atoms with Gasteiger partial charge in [-0.2, -0.15) is 0 Å². The van der Waals surface area contributed by atoms with Gasteiger partial charge in [0.1, 0.15) is 5.78 Å². The van der Waals surface area contributed by atoms with E-state index in [2.05, 4.69) is 43.1 Å². The van der Waals surface area contributed by atoms with Crippen LogP contribution in [0.2, 0.25) is 0 Å². The lowest BCUT2D eigenvalue weighted by Gasteiger charge is -2.15. The molecule has 0 heterocycles. The predicted octanol–water partition coefficient (Wildman–Crippen LogP) is 3.21. The SMILES string of the molecule is CCSc1ccc(CN(C)CCC(C)=O)cc1. The van der Waals surface area contributed by atoms with E-state index in [1.165, 1.54) is 10.5 Å². The summed E-state index contributed by atoms with van der Waals surface area (Å²) in [7, 11) is 2.05. The van der Waals surface area contributed by atoms with Crippen molar-refractivity contribution in [3.8, 4) is 0 Å². The molecule has 1 rings (SSSR count). The number of hydrogen-bond acceptors (Lipinski definition) is 3. The summed E-state index contributed by atoms with van der Waals surface area (Å²) in [6.07, 6.45) is 0.639. The third-order valence-corrected chi connectivity index (χ3v) is 3.43. The molecule has 0 amide bonds. The molecule has 0 radical (unpaired) electrons. The Labute approximate surface area is 108 Å². The van der Waals surface area contributed by atoms with Crippen molar-refractivity contribution >= 4 is 17.5 Å². The Hall–Kier alpha value is -0.800. The van der Waals surface area contributed by atoms with Gasteiger partial charge in [-0.15, -0.1) is 11.8 Å². The number of ketones is 1. The molecule has 0 aliphatic carbocycles. The van der Waals surface area contributed by atoms with E-state index in [0.717, 1.165) is 18.8 Å². The van der Waals surface area contributed by atoms with Crippen LogP contribution in [0.1, 0.15) is 25.8 Å². The Morgan fingerprint density at radius 2 is 1.94 bits per heavy atom. The fourth-order valence-electron chi connectivity index (χ4n) is 1.60. The summed E-state index contributed by atoms with van der Waals surface area (Å²) >= 11 is 1.86. The number of benzene rings is 1. The third kappa shape index (κ3) is 5.89. The quantitative estimate of drug-likeness (QED) is 0.694. The molecule has 0 atom stereocenters. The number of carbonyl (C=O) groups excluding carboxylic acids is 1. The summed E-state index contributed by atoms with van der Waals surface area (Å²) in [6, 6.07) is 8.68. The lowest BCUT2D eigenvalue weighted by Crippen LogP contribution is -2.20. The first-order valence-corrected chi connectivity index (χ1v) is 7.00. The highest BCUT2D eigenvalue weighted by molar-refractivity contribution is 7.99. The molecule has 0 fully saturated rings. The van der Waals surface area contributed by atoms with Crippen molar-refractivity contribution in [1.29, 1.82) is 0 Å². The molecule has 0 N–H and O–H groups in total. The summed E-state index contributed by atoms with van der Waals surface area (Å²) in [5, 5.41) is 0. The molecular weight excluding hydrogens is 230 g/mol. The van der Waals surface area contributed by atoms with E-state index >= 15 is 0 Å². The van der Waals surface area contributed by atoms with Gasteiger partial charge in [0.05, 0.1) is 0 Å². The highest BCUT2D eigenvalue weighted by atomic mass is 32.2. The number of carbonyl (C=O) groups is 1. The van der Waals surface area contributed by atoms with Crippen molar-refractivity contribution < 1.29 is 4.79 Å². The number of nitrogens with zero attached hydrogens (tertiary/aromatic N) is 1. The lowest BCUT2D eigenvalue weighted by molar-refractivity contribution is -0.117. The number of rotatable bonds is 7. The number of hydrogen-bond donors (Lipinski definition) is 0. The molecule has 0 saturated carbocycles. The fraction of sp³-hybridized carbons (Fsp3) is 0.500. The van der Waals surface area contributed by atoms with E-state index in [1.807, 2.05) is 11.8 Å². The van der Waals surface area contributed by atoms with Gasteiger partial charge in [-0.3, -0.25) is 4.79 Å². The Bertz CT molecular complexity index is 348. The van der Waals surface area contributed by atoms with Crippen LogP contribution in [0.4, 0.5) is 0 Å². The molecule has 0 spiro atoms. The van der Waals surface area contributed by atoms with Gasteiger partial charge in [-0.05, 0) is 37.4 Å². The molecule has 1 aromatic carbocycles. The molecule has 3 heteroatoms. The Morgan fingerprint density at radius 1 is 1.29 bits per heavy atom. The van der Waals surface area contributed by atoms with E-state index in [9.17, 15) is 4.79 Å². The summed E-state index contributed by atoms with van der Waals surface area (Å²) < 4.78 is 0. The topological polar surface area (TPSA) is 20.3 Å². The zero-order chi connectivity index (χ0) is 12.7. The normalized spacial score (nSPS) is 10.8. The third-order valence-electron chi connectivity index (χ3n) is 2.53. The molecule has 17 heavy (non-hydrogen) atoms. The van der Waals surface area contributed by atoms with E-state index in [-0.39, 0.29) is 5.78 Å². The van der Waals surface area contributed by atoms with Crippen LogP contribution in [0, 0.1) is 0 Å². The first kappa shape index (κ1) is 14.3. The highest BCUT2D eigenvalue weighted by Crippen LogP contribution is 2.18. The Balaban J connectivity index is 2.42. The predicted molar refractivity (Wildman–Crippen MR) is 74.5 cm³/mol. The van der Waals surface area contributed by atoms with Gasteiger partial charge in [0.2, 0.25) is 0 Å². The second kappa shape index (κ2) is 7.51. The van der Waals surface area contributed by atoms with Crippen LogP contribution < -0.4 is 0 Å². The van der Waals surface area contributed by atoms with Crippen LogP contribution in [0.3, 0.4) is 0 Å². The maximum atomic E-state index is 10.9. The minimum absolute atomic E-state index is 0.256. The van der Waals surface area contributed by atoms with E-state index in [0.29, 0.717) is 6.42 Å². The van der Waals surface area contributed by atoms with Crippen molar-refractivity contribution in [3.63, 3.8) is 0 Å². The molecule has 0 aromatic heterocycles. The molecule has 1 aromatic rings. The van der Waals surface area contributed by atoms with Crippen LogP contribution in [-0.4, -0.2) is 30.0 Å². The molecule has 94 valence electrons. The summed E-state index contributed by atoms with van der Waals surface area (Å²) in [6.45, 7) is 5.55. The maximum absolute atomic E-state index is 10.9. The average Bonchev–Trinajstić information content (AvgIpc) is 2.29. The summed E-state index contributed by atoms with van der Waals surface area (Å²) in [4.78, 5) is 14.4. The zero-order valence-corrected chi connectivity index (χ0v) is 11.7. The van der Waals surface area contributed by atoms with Gasteiger partial charge in [0, 0.05) is 24.4 Å². The minimum Gasteiger partial charge on any atom is -0.302 e. The van der Waals surface area contributed by atoms with Gasteiger partial charge in [0.25, 0.3) is 0 Å². The van der Waals surface area contributed by atoms with Crippen LogP contribution >= 0.6 is 11.8 Å². The van der Waals surface area contributed by atoms with E-state index in [1.54, 1.807) is 6.92 Å². The molecule has 0 aliphatic heterocycles. The van der Waals surface area contributed by atoms with Crippen LogP contribution in [-0.2, 0) is 11.3 Å². The van der Waals surface area contributed by atoms with Gasteiger partial charge in [-0.25, -0.2) is 0 Å². The first-order chi connectivity index (χ1) is 8.11. The van der Waals surface area contributed by atoms with Crippen LogP contribution in [0.25, 0.3) is 0 Å². The number of Topliss-reactive ketones (excluding diaryl/α,β-unsaturated/α-hetero) is 1. The Morgan fingerprint density at radius 3 is 2.47 bits per heavy atom. The lowest BCUT2D eigenvalue weighted by atomic mass is 10.2. The molecule has 0 saturated heterocycles. The van der Waals surface area contributed by atoms with Crippen molar-refractivity contribution in [2.75, 3.05) is 19.3 Å². The maximum Gasteiger partial charge on any atom is 0.131 e. The fourth-order valence-corrected chi connectivity index (χ4v) is 2.26. The van der Waals surface area contributed by atoms with Crippen molar-refractivity contribution in [1.82, 2.24) is 4.90 Å². The van der Waals surface area contributed by atoms with Crippen molar-refractivity contribution in [2.24, 2.45) is 0 Å². The number of thioether (sulfide) groups is 1. The van der Waals surface area contributed by atoms with E-state index < -0.39 is 0 Å². The molecular formula is C14H21NOS. The molecule has 0 bridgehead atoms. The molecule has 0 unspecified atom stereocenters. The summed E-state index contributed by atoms with van der Waals surface area (Å²) in [5.41, 5.74) is 1.30. The van der Waals surface area contributed by atoms with Gasteiger partial charge >= 0.3 is 0 Å². The largest absolute Gasteiger partial charge is 0.302 e. The zero-order valence-electron chi connectivity index (χ0n) is 10.9. The highest BCUT2D eigenvalue weighted by Gasteiger charge is 2.02. The van der Waals surface area contributed by atoms with Gasteiger partial charge in [0.15, 0.2) is 0 Å². The first-order valence-electron chi connectivity index (χ1n) is 6.01. The average molecular weight is 251 g/mol. The van der Waals surface area contributed by atoms with Gasteiger partial charge < -0.3 is 4.90 Å². The standard InChI is InChI=1S/C14H21NOS/c1-4-17-14-7-5-13(6-8-14)11-15(3)10-9-12(2)16/h5-8H,4,9-11H2,1-3H3. The van der Waals surface area contributed by atoms with Gasteiger partial charge in [-0.1, -0.05) is 19.1 Å². The van der Waals surface area contributed by atoms with Crippen molar-refractivity contribution in [3.05, 3.63) is 29.8 Å². The monoisotopic (exact) mass is 251 g/mol. The molecule has 0 aliphatic rings. The second-order valence-electron chi connectivity index (χ2n) is 4.27. The Kier molecular flexibility index (Phi) is 6.30. The van der Waals surface area contributed by atoms with Crippen LogP contribution in [0.15, 0.2) is 29.2 Å². The molecule has 2 nitrogen and oxygen atoms in total. The van der Waals surface area contributed by atoms with E-state index in [4.69, 9.17) is 0 Å². The smallest absolute Gasteiger partial charge is 0.131 e. The second-order valence-corrected chi connectivity index (χ2v) is 5.60.